The van der Waals surface area contributed by atoms with E-state index in [0.717, 1.165) is 10.5 Å². The van der Waals surface area contributed by atoms with Crippen LogP contribution in [0.5, 0.6) is 11.5 Å². The van der Waals surface area contributed by atoms with Crippen LogP contribution in [0.15, 0.2) is 71.6 Å². The fourth-order valence-corrected chi connectivity index (χ4v) is 4.54. The summed E-state index contributed by atoms with van der Waals surface area (Å²) in [5.74, 6) is 0.897. The molecule has 0 spiro atoms. The van der Waals surface area contributed by atoms with Crippen LogP contribution in [0.25, 0.3) is 0 Å². The van der Waals surface area contributed by atoms with Gasteiger partial charge in [-0.05, 0) is 66.9 Å². The minimum absolute atomic E-state index is 0.155. The Labute approximate surface area is 215 Å². The van der Waals surface area contributed by atoms with Crippen molar-refractivity contribution in [3.05, 3.63) is 82.9 Å². The molecule has 184 valence electrons. The van der Waals surface area contributed by atoms with Gasteiger partial charge in [0.1, 0.15) is 0 Å². The molecule has 2 amide bonds. The molecule has 3 aromatic carbocycles. The minimum Gasteiger partial charge on any atom is -0.493 e. The standard InChI is InChI=1S/C27H29ClN2O4S/c1-4-25(35-20-12-10-19(28)11-13-20)27(32)30-22-8-6-5-7-21(22)26(31)29-16-15-18-9-14-23(33-2)24(17-18)34-3/h5-14,17,25H,4,15-16H2,1-3H3,(H,29,31)(H,30,32). The Hall–Kier alpha value is -3.16. The number of amides is 2. The van der Waals surface area contributed by atoms with Gasteiger partial charge in [0.2, 0.25) is 5.91 Å². The van der Waals surface area contributed by atoms with Crippen molar-refractivity contribution < 1.29 is 19.1 Å². The van der Waals surface area contributed by atoms with Crippen LogP contribution in [0.1, 0.15) is 29.3 Å². The van der Waals surface area contributed by atoms with E-state index in [2.05, 4.69) is 10.6 Å². The van der Waals surface area contributed by atoms with Gasteiger partial charge in [0.25, 0.3) is 5.91 Å². The Kier molecular flexibility index (Phi) is 9.87. The summed E-state index contributed by atoms with van der Waals surface area (Å²) < 4.78 is 10.6. The molecule has 0 aliphatic heterocycles. The minimum atomic E-state index is -0.308. The first-order chi connectivity index (χ1) is 16.9. The summed E-state index contributed by atoms with van der Waals surface area (Å²) in [5, 5.41) is 6.21. The normalized spacial score (nSPS) is 11.4. The number of nitrogens with one attached hydrogen (secondary N) is 2. The number of benzene rings is 3. The van der Waals surface area contributed by atoms with Gasteiger partial charge in [-0.2, -0.15) is 0 Å². The average Bonchev–Trinajstić information content (AvgIpc) is 2.88. The molecule has 0 bridgehead atoms. The summed E-state index contributed by atoms with van der Waals surface area (Å²) in [5.41, 5.74) is 1.91. The number of para-hydroxylation sites is 1. The fourth-order valence-electron chi connectivity index (χ4n) is 3.45. The molecule has 0 saturated carbocycles. The lowest BCUT2D eigenvalue weighted by Crippen LogP contribution is -2.29. The maximum atomic E-state index is 13.0. The van der Waals surface area contributed by atoms with Gasteiger partial charge in [-0.25, -0.2) is 0 Å². The van der Waals surface area contributed by atoms with Crippen LogP contribution >= 0.6 is 23.4 Å². The van der Waals surface area contributed by atoms with Gasteiger partial charge in [0, 0.05) is 16.5 Å². The van der Waals surface area contributed by atoms with Crippen LogP contribution < -0.4 is 20.1 Å². The number of ether oxygens (including phenoxy) is 2. The summed E-state index contributed by atoms with van der Waals surface area (Å²) >= 11 is 7.42. The van der Waals surface area contributed by atoms with Gasteiger partial charge < -0.3 is 20.1 Å². The summed E-state index contributed by atoms with van der Waals surface area (Å²) in [4.78, 5) is 26.8. The van der Waals surface area contributed by atoms with E-state index in [1.807, 2.05) is 37.3 Å². The van der Waals surface area contributed by atoms with E-state index in [9.17, 15) is 9.59 Å². The van der Waals surface area contributed by atoms with E-state index in [-0.39, 0.29) is 17.1 Å². The van der Waals surface area contributed by atoms with Gasteiger partial charge >= 0.3 is 0 Å². The number of hydrogen-bond donors (Lipinski definition) is 2. The van der Waals surface area contributed by atoms with Gasteiger partial charge in [0.05, 0.1) is 30.7 Å². The third kappa shape index (κ3) is 7.41. The van der Waals surface area contributed by atoms with Crippen molar-refractivity contribution in [1.82, 2.24) is 5.32 Å². The van der Waals surface area contributed by atoms with Crippen LogP contribution in [-0.2, 0) is 11.2 Å². The quantitative estimate of drug-likeness (QED) is 0.316. The Morgan fingerprint density at radius 3 is 2.37 bits per heavy atom. The monoisotopic (exact) mass is 512 g/mol. The van der Waals surface area contributed by atoms with Gasteiger partial charge in [-0.15, -0.1) is 11.8 Å². The third-order valence-electron chi connectivity index (χ3n) is 5.33. The molecule has 35 heavy (non-hydrogen) atoms. The van der Waals surface area contributed by atoms with Gasteiger partial charge in [-0.1, -0.05) is 36.7 Å². The summed E-state index contributed by atoms with van der Waals surface area (Å²) in [6.45, 7) is 2.39. The number of halogens is 1. The Morgan fingerprint density at radius 1 is 0.971 bits per heavy atom. The molecule has 0 heterocycles. The van der Waals surface area contributed by atoms with Crippen molar-refractivity contribution in [3.8, 4) is 11.5 Å². The summed E-state index contributed by atoms with van der Waals surface area (Å²) in [7, 11) is 3.18. The Morgan fingerprint density at radius 2 is 1.69 bits per heavy atom. The Balaban J connectivity index is 1.61. The number of rotatable bonds is 11. The molecule has 3 rings (SSSR count). The second-order valence-corrected chi connectivity index (χ2v) is 9.41. The lowest BCUT2D eigenvalue weighted by Gasteiger charge is -2.17. The second kappa shape index (κ2) is 13.1. The lowest BCUT2D eigenvalue weighted by molar-refractivity contribution is -0.115. The van der Waals surface area contributed by atoms with Crippen LogP contribution in [0, 0.1) is 0 Å². The fraction of sp³-hybridized carbons (Fsp3) is 0.259. The number of methoxy groups -OCH3 is 2. The zero-order valence-electron chi connectivity index (χ0n) is 20.0. The zero-order chi connectivity index (χ0) is 25.2. The van der Waals surface area contributed by atoms with Gasteiger partial charge in [0.15, 0.2) is 11.5 Å². The lowest BCUT2D eigenvalue weighted by atomic mass is 10.1. The zero-order valence-corrected chi connectivity index (χ0v) is 21.5. The highest BCUT2D eigenvalue weighted by Gasteiger charge is 2.20. The number of anilines is 1. The SMILES string of the molecule is CCC(Sc1ccc(Cl)cc1)C(=O)Nc1ccccc1C(=O)NCCc1ccc(OC)c(OC)c1. The second-order valence-electron chi connectivity index (χ2n) is 7.70. The first kappa shape index (κ1) is 26.4. The van der Waals surface area contributed by atoms with E-state index in [1.54, 1.807) is 50.6 Å². The summed E-state index contributed by atoms with van der Waals surface area (Å²) in [6, 6.07) is 20.1. The molecule has 0 radical (unpaired) electrons. The predicted molar refractivity (Wildman–Crippen MR) is 142 cm³/mol. The first-order valence-corrected chi connectivity index (χ1v) is 12.5. The van der Waals surface area contributed by atoms with E-state index in [0.29, 0.717) is 47.2 Å². The molecule has 0 aromatic heterocycles. The number of carbonyl (C=O) groups excluding carboxylic acids is 2. The average molecular weight is 513 g/mol. The molecule has 3 aromatic rings. The molecule has 0 aliphatic carbocycles. The van der Waals surface area contributed by atoms with Crippen molar-refractivity contribution in [2.75, 3.05) is 26.1 Å². The first-order valence-electron chi connectivity index (χ1n) is 11.3. The summed E-state index contributed by atoms with van der Waals surface area (Å²) in [6.07, 6.45) is 1.26. The molecule has 1 unspecified atom stereocenters. The van der Waals surface area contributed by atoms with Crippen molar-refractivity contribution in [1.29, 1.82) is 0 Å². The van der Waals surface area contributed by atoms with Crippen LogP contribution in [0.3, 0.4) is 0 Å². The van der Waals surface area contributed by atoms with E-state index in [1.165, 1.54) is 11.8 Å². The smallest absolute Gasteiger partial charge is 0.253 e. The maximum absolute atomic E-state index is 13.0. The highest BCUT2D eigenvalue weighted by Crippen LogP contribution is 2.29. The van der Waals surface area contributed by atoms with E-state index in [4.69, 9.17) is 21.1 Å². The van der Waals surface area contributed by atoms with Crippen LogP contribution in [0.2, 0.25) is 5.02 Å². The number of hydrogen-bond acceptors (Lipinski definition) is 5. The van der Waals surface area contributed by atoms with Crippen molar-refractivity contribution in [2.45, 2.75) is 29.9 Å². The van der Waals surface area contributed by atoms with E-state index < -0.39 is 0 Å². The largest absolute Gasteiger partial charge is 0.493 e. The molecule has 8 heteroatoms. The van der Waals surface area contributed by atoms with E-state index >= 15 is 0 Å². The van der Waals surface area contributed by atoms with Gasteiger partial charge in [-0.3, -0.25) is 9.59 Å². The molecular formula is C27H29ClN2O4S. The molecule has 6 nitrogen and oxygen atoms in total. The molecular weight excluding hydrogens is 484 g/mol. The highest BCUT2D eigenvalue weighted by molar-refractivity contribution is 8.00. The maximum Gasteiger partial charge on any atom is 0.253 e. The number of carbonyl (C=O) groups is 2. The highest BCUT2D eigenvalue weighted by atomic mass is 35.5. The molecule has 2 N–H and O–H groups in total. The molecule has 0 fully saturated rings. The van der Waals surface area contributed by atoms with Crippen LogP contribution in [0.4, 0.5) is 5.69 Å². The topological polar surface area (TPSA) is 76.7 Å². The predicted octanol–water partition coefficient (Wildman–Crippen LogP) is 5.84. The molecule has 0 saturated heterocycles. The molecule has 0 aliphatic rings. The van der Waals surface area contributed by atoms with Crippen molar-refractivity contribution >= 4 is 40.9 Å². The van der Waals surface area contributed by atoms with Crippen molar-refractivity contribution in [3.63, 3.8) is 0 Å². The third-order valence-corrected chi connectivity index (χ3v) is 6.96. The van der Waals surface area contributed by atoms with Crippen LogP contribution in [-0.4, -0.2) is 37.8 Å². The number of thioether (sulfide) groups is 1. The molecule has 1 atom stereocenters. The van der Waals surface area contributed by atoms with Crippen molar-refractivity contribution in [2.24, 2.45) is 0 Å². The Bertz CT molecular complexity index is 1150.